The van der Waals surface area contributed by atoms with E-state index in [9.17, 15) is 18.4 Å². The number of halogens is 2. The van der Waals surface area contributed by atoms with E-state index in [-0.39, 0.29) is 30.5 Å². The topological polar surface area (TPSA) is 70.2 Å². The van der Waals surface area contributed by atoms with Crippen LogP contribution < -0.4 is 16.0 Å². The highest BCUT2D eigenvalue weighted by Crippen LogP contribution is 2.17. The Hall–Kier alpha value is -2.02. The van der Waals surface area contributed by atoms with Gasteiger partial charge in [-0.1, -0.05) is 6.07 Å². The summed E-state index contributed by atoms with van der Waals surface area (Å²) in [4.78, 5) is 22.5. The van der Waals surface area contributed by atoms with Gasteiger partial charge in [-0.3, -0.25) is 14.9 Å². The Labute approximate surface area is 115 Å². The van der Waals surface area contributed by atoms with Crippen molar-refractivity contribution in [2.45, 2.75) is 13.0 Å². The van der Waals surface area contributed by atoms with Gasteiger partial charge in [0.15, 0.2) is 0 Å². The predicted molar refractivity (Wildman–Crippen MR) is 69.9 cm³/mol. The van der Waals surface area contributed by atoms with Crippen molar-refractivity contribution in [2.75, 3.05) is 20.1 Å². The number of hydrogen-bond acceptors (Lipinski definition) is 3. The van der Waals surface area contributed by atoms with E-state index < -0.39 is 17.7 Å². The minimum atomic E-state index is -0.712. The van der Waals surface area contributed by atoms with Crippen molar-refractivity contribution in [3.63, 3.8) is 0 Å². The molecule has 1 atom stereocenters. The zero-order valence-corrected chi connectivity index (χ0v) is 11.3. The lowest BCUT2D eigenvalue weighted by molar-refractivity contribution is -0.121. The molecule has 20 heavy (non-hydrogen) atoms. The van der Waals surface area contributed by atoms with Gasteiger partial charge in [-0.2, -0.15) is 0 Å². The Kier molecular flexibility index (Phi) is 6.05. The van der Waals surface area contributed by atoms with Crippen molar-refractivity contribution < 1.29 is 18.4 Å². The summed E-state index contributed by atoms with van der Waals surface area (Å²) in [6.07, 6.45) is 0. The number of carbonyl (C=O) groups is 2. The Bertz CT molecular complexity index is 495. The molecule has 3 N–H and O–H groups in total. The van der Waals surface area contributed by atoms with Crippen molar-refractivity contribution in [3.8, 4) is 0 Å². The maximum Gasteiger partial charge on any atom is 0.234 e. The molecular formula is C13H17F2N3O2. The molecule has 0 unspecified atom stereocenters. The fraction of sp³-hybridized carbons (Fsp3) is 0.385. The fourth-order valence-corrected chi connectivity index (χ4v) is 1.60. The summed E-state index contributed by atoms with van der Waals surface area (Å²) < 4.78 is 26.3. The van der Waals surface area contributed by atoms with Crippen LogP contribution in [0.4, 0.5) is 8.78 Å². The molecule has 1 aromatic rings. The van der Waals surface area contributed by atoms with Crippen LogP contribution in [0, 0.1) is 11.6 Å². The highest BCUT2D eigenvalue weighted by molar-refractivity contribution is 5.81. The van der Waals surface area contributed by atoms with Gasteiger partial charge in [0.25, 0.3) is 0 Å². The number of nitrogens with one attached hydrogen (secondary N) is 3. The Morgan fingerprint density at radius 2 is 1.85 bits per heavy atom. The highest BCUT2D eigenvalue weighted by Gasteiger charge is 2.14. The van der Waals surface area contributed by atoms with Crippen LogP contribution >= 0.6 is 0 Å². The fourth-order valence-electron chi connectivity index (χ4n) is 1.60. The van der Waals surface area contributed by atoms with Gasteiger partial charge in [0.2, 0.25) is 11.8 Å². The first kappa shape index (κ1) is 16.0. The molecule has 2 amide bonds. The molecule has 110 valence electrons. The van der Waals surface area contributed by atoms with Crippen molar-refractivity contribution in [1.82, 2.24) is 16.0 Å². The largest absolute Gasteiger partial charge is 0.358 e. The van der Waals surface area contributed by atoms with Crippen LogP contribution in [-0.4, -0.2) is 32.0 Å². The molecule has 0 fully saturated rings. The minimum absolute atomic E-state index is 0.0171. The number of rotatable bonds is 6. The summed E-state index contributed by atoms with van der Waals surface area (Å²) in [6.45, 7) is 1.54. The lowest BCUT2D eigenvalue weighted by atomic mass is 10.1. The summed E-state index contributed by atoms with van der Waals surface area (Å²) in [5.74, 6) is -2.01. The molecule has 0 aliphatic heterocycles. The van der Waals surface area contributed by atoms with Crippen molar-refractivity contribution in [3.05, 3.63) is 35.4 Å². The normalized spacial score (nSPS) is 11.8. The van der Waals surface area contributed by atoms with E-state index in [1.807, 2.05) is 0 Å². The van der Waals surface area contributed by atoms with E-state index in [2.05, 4.69) is 16.0 Å². The van der Waals surface area contributed by atoms with Gasteiger partial charge in [-0.05, 0) is 13.0 Å². The Morgan fingerprint density at radius 3 is 2.45 bits per heavy atom. The lowest BCUT2D eigenvalue weighted by Crippen LogP contribution is -2.39. The summed E-state index contributed by atoms with van der Waals surface area (Å²) >= 11 is 0. The van der Waals surface area contributed by atoms with E-state index in [0.29, 0.717) is 0 Å². The number of benzene rings is 1. The lowest BCUT2D eigenvalue weighted by Gasteiger charge is -2.15. The van der Waals surface area contributed by atoms with E-state index in [0.717, 1.165) is 12.1 Å². The number of amides is 2. The van der Waals surface area contributed by atoms with Gasteiger partial charge in [-0.15, -0.1) is 0 Å². The average molecular weight is 285 g/mol. The number of hydrogen-bond donors (Lipinski definition) is 3. The zero-order valence-electron chi connectivity index (χ0n) is 11.3. The molecule has 0 heterocycles. The Morgan fingerprint density at radius 1 is 1.20 bits per heavy atom. The quantitative estimate of drug-likeness (QED) is 0.712. The second kappa shape index (κ2) is 7.54. The van der Waals surface area contributed by atoms with Crippen LogP contribution in [0.2, 0.25) is 0 Å². The number of likely N-dealkylation sites (N-methyl/N-ethyl adjacent to an activating group) is 1. The van der Waals surface area contributed by atoms with Crippen LogP contribution in [0.15, 0.2) is 18.2 Å². The van der Waals surface area contributed by atoms with Crippen molar-refractivity contribution in [1.29, 1.82) is 0 Å². The third kappa shape index (κ3) is 4.93. The maximum absolute atomic E-state index is 13.5. The molecule has 0 bridgehead atoms. The molecule has 0 aliphatic rings. The average Bonchev–Trinajstić information content (AvgIpc) is 2.38. The maximum atomic E-state index is 13.5. The van der Waals surface area contributed by atoms with Gasteiger partial charge < -0.3 is 10.6 Å². The first-order valence-electron chi connectivity index (χ1n) is 6.09. The third-order valence-corrected chi connectivity index (χ3v) is 2.66. The van der Waals surface area contributed by atoms with Crippen LogP contribution in [0.25, 0.3) is 0 Å². The van der Waals surface area contributed by atoms with E-state index >= 15 is 0 Å². The summed E-state index contributed by atoms with van der Waals surface area (Å²) in [6, 6.07) is 2.59. The summed E-state index contributed by atoms with van der Waals surface area (Å²) in [7, 11) is 1.49. The van der Waals surface area contributed by atoms with Crippen molar-refractivity contribution in [2.24, 2.45) is 0 Å². The van der Waals surface area contributed by atoms with Crippen LogP contribution in [-0.2, 0) is 9.59 Å². The summed E-state index contributed by atoms with van der Waals surface area (Å²) in [5, 5.41) is 7.59. The van der Waals surface area contributed by atoms with E-state index in [1.54, 1.807) is 6.92 Å². The minimum Gasteiger partial charge on any atom is -0.358 e. The molecule has 1 aromatic carbocycles. The molecule has 0 spiro atoms. The summed E-state index contributed by atoms with van der Waals surface area (Å²) in [5.41, 5.74) is 0.200. The number of carbonyl (C=O) groups excluding carboxylic acids is 2. The van der Waals surface area contributed by atoms with Gasteiger partial charge in [0.1, 0.15) is 11.6 Å². The molecular weight excluding hydrogens is 268 g/mol. The second-order valence-corrected chi connectivity index (χ2v) is 4.23. The monoisotopic (exact) mass is 285 g/mol. The molecule has 0 aromatic heterocycles. The van der Waals surface area contributed by atoms with Crippen LogP contribution in [0.5, 0.6) is 0 Å². The van der Waals surface area contributed by atoms with Crippen LogP contribution in [0.1, 0.15) is 18.5 Å². The molecule has 0 saturated heterocycles. The zero-order chi connectivity index (χ0) is 15.1. The first-order valence-corrected chi connectivity index (χ1v) is 6.09. The molecule has 1 rings (SSSR count). The van der Waals surface area contributed by atoms with E-state index in [4.69, 9.17) is 0 Å². The molecule has 0 saturated carbocycles. The van der Waals surface area contributed by atoms with Gasteiger partial charge in [-0.25, -0.2) is 8.78 Å². The molecule has 0 aliphatic carbocycles. The van der Waals surface area contributed by atoms with Crippen LogP contribution in [0.3, 0.4) is 0 Å². The molecule has 0 radical (unpaired) electrons. The van der Waals surface area contributed by atoms with Gasteiger partial charge in [0, 0.05) is 18.7 Å². The third-order valence-electron chi connectivity index (χ3n) is 2.66. The van der Waals surface area contributed by atoms with Gasteiger partial charge in [0.05, 0.1) is 19.1 Å². The second-order valence-electron chi connectivity index (χ2n) is 4.23. The van der Waals surface area contributed by atoms with E-state index in [1.165, 1.54) is 13.1 Å². The standard InChI is InChI=1S/C13H17F2N3O2/c1-8(10-4-3-9(14)5-11(10)15)18-13(20)7-17-6-12(19)16-2/h3-5,8,17H,6-7H2,1-2H3,(H,16,19)(H,18,20)/t8-/m0/s1. The first-order chi connectivity index (χ1) is 9.43. The Balaban J connectivity index is 2.47. The molecule has 7 heteroatoms. The van der Waals surface area contributed by atoms with Gasteiger partial charge >= 0.3 is 0 Å². The highest BCUT2D eigenvalue weighted by atomic mass is 19.1. The van der Waals surface area contributed by atoms with Crippen molar-refractivity contribution >= 4 is 11.8 Å². The molecule has 5 nitrogen and oxygen atoms in total. The predicted octanol–water partition coefficient (Wildman–Crippen LogP) is 0.478. The smallest absolute Gasteiger partial charge is 0.234 e. The SMILES string of the molecule is CNC(=O)CNCC(=O)N[C@@H](C)c1ccc(F)cc1F.